The van der Waals surface area contributed by atoms with Gasteiger partial charge in [0.05, 0.1) is 13.1 Å². The van der Waals surface area contributed by atoms with Crippen molar-refractivity contribution in [1.29, 1.82) is 0 Å². The van der Waals surface area contributed by atoms with Crippen LogP contribution < -0.4 is 0 Å². The Labute approximate surface area is 96.3 Å². The maximum Gasteiger partial charge on any atom is 0.320 e. The van der Waals surface area contributed by atoms with Gasteiger partial charge in [-0.1, -0.05) is 0 Å². The minimum Gasteiger partial charge on any atom is -0.377 e. The minimum absolute atomic E-state index is 0.0107. The average molecular weight is 228 g/mol. The summed E-state index contributed by atoms with van der Waals surface area (Å²) in [6.07, 6.45) is 2.27. The van der Waals surface area contributed by atoms with Gasteiger partial charge in [-0.3, -0.25) is 0 Å². The van der Waals surface area contributed by atoms with E-state index in [4.69, 9.17) is 9.47 Å². The summed E-state index contributed by atoms with van der Waals surface area (Å²) in [5.74, 6) is 0. The number of urea groups is 1. The third kappa shape index (κ3) is 2.15. The third-order valence-electron chi connectivity index (χ3n) is 3.47. The van der Waals surface area contributed by atoms with Crippen LogP contribution >= 0.6 is 0 Å². The van der Waals surface area contributed by atoms with Crippen LogP contribution in [0.15, 0.2) is 0 Å². The summed E-state index contributed by atoms with van der Waals surface area (Å²) in [5, 5.41) is 0. The molecule has 0 bridgehead atoms. The first-order chi connectivity index (χ1) is 7.76. The van der Waals surface area contributed by atoms with E-state index in [1.54, 1.807) is 14.2 Å². The Morgan fingerprint density at radius 1 is 1.00 bits per heavy atom. The van der Waals surface area contributed by atoms with Gasteiger partial charge in [0.2, 0.25) is 0 Å². The molecule has 2 heterocycles. The number of amides is 2. The van der Waals surface area contributed by atoms with E-state index < -0.39 is 0 Å². The molecule has 0 aromatic carbocycles. The van der Waals surface area contributed by atoms with Crippen LogP contribution in [-0.4, -0.2) is 68.4 Å². The lowest BCUT2D eigenvalue weighted by Gasteiger charge is -2.23. The van der Waals surface area contributed by atoms with Crippen molar-refractivity contribution in [3.8, 4) is 0 Å². The molecule has 16 heavy (non-hydrogen) atoms. The number of methoxy groups -OCH3 is 2. The van der Waals surface area contributed by atoms with Gasteiger partial charge in [0.25, 0.3) is 0 Å². The molecule has 0 N–H and O–H groups in total. The maximum atomic E-state index is 12.1. The highest BCUT2D eigenvalue weighted by Crippen LogP contribution is 2.19. The van der Waals surface area contributed by atoms with Crippen LogP contribution in [0, 0.1) is 0 Å². The number of hydrogen-bond donors (Lipinski definition) is 0. The highest BCUT2D eigenvalue weighted by molar-refractivity contribution is 5.75. The molecule has 5 heteroatoms. The largest absolute Gasteiger partial charge is 0.377 e. The van der Waals surface area contributed by atoms with Gasteiger partial charge in [-0.15, -0.1) is 0 Å². The van der Waals surface area contributed by atoms with Gasteiger partial charge in [0, 0.05) is 27.3 Å². The van der Waals surface area contributed by atoms with Gasteiger partial charge >= 0.3 is 6.03 Å². The molecule has 2 amide bonds. The van der Waals surface area contributed by atoms with E-state index in [0.29, 0.717) is 13.1 Å². The van der Waals surface area contributed by atoms with Crippen molar-refractivity contribution in [1.82, 2.24) is 9.80 Å². The van der Waals surface area contributed by atoms with Crippen LogP contribution in [0.25, 0.3) is 0 Å². The molecule has 2 unspecified atom stereocenters. The van der Waals surface area contributed by atoms with Crippen molar-refractivity contribution in [3.05, 3.63) is 0 Å². The smallest absolute Gasteiger partial charge is 0.320 e. The molecule has 0 saturated carbocycles. The normalized spacial score (nSPS) is 30.1. The fourth-order valence-electron chi connectivity index (χ4n) is 2.46. The molecule has 0 aromatic heterocycles. The van der Waals surface area contributed by atoms with Gasteiger partial charge in [0.15, 0.2) is 0 Å². The highest BCUT2D eigenvalue weighted by atomic mass is 16.5. The van der Waals surface area contributed by atoms with Crippen molar-refractivity contribution < 1.29 is 14.3 Å². The molecule has 0 spiro atoms. The summed E-state index contributed by atoms with van der Waals surface area (Å²) < 4.78 is 10.6. The predicted octanol–water partition coefficient (Wildman–Crippen LogP) is 0.548. The lowest BCUT2D eigenvalue weighted by Crippen LogP contribution is -2.41. The average Bonchev–Trinajstić information content (AvgIpc) is 2.96. The number of rotatable bonds is 2. The van der Waals surface area contributed by atoms with E-state index in [1.807, 2.05) is 9.80 Å². The van der Waals surface area contributed by atoms with Crippen LogP contribution in [0.1, 0.15) is 12.8 Å². The van der Waals surface area contributed by atoms with Crippen molar-refractivity contribution in [2.75, 3.05) is 40.4 Å². The molecule has 0 aliphatic carbocycles. The fraction of sp³-hybridized carbons (Fsp3) is 0.909. The number of nitrogens with zero attached hydrogens (tertiary/aromatic N) is 2. The van der Waals surface area contributed by atoms with Crippen LogP contribution in [0.3, 0.4) is 0 Å². The van der Waals surface area contributed by atoms with E-state index in [2.05, 4.69) is 0 Å². The number of hydrogen-bond acceptors (Lipinski definition) is 3. The fourth-order valence-corrected chi connectivity index (χ4v) is 2.46. The topological polar surface area (TPSA) is 42.0 Å². The molecule has 2 fully saturated rings. The van der Waals surface area contributed by atoms with E-state index in [0.717, 1.165) is 25.9 Å². The number of ether oxygens (including phenoxy) is 2. The molecule has 0 radical (unpaired) electrons. The van der Waals surface area contributed by atoms with Crippen molar-refractivity contribution in [2.45, 2.75) is 25.0 Å². The zero-order valence-corrected chi connectivity index (χ0v) is 10.0. The van der Waals surface area contributed by atoms with Gasteiger partial charge in [0.1, 0.15) is 12.2 Å². The first-order valence-corrected chi connectivity index (χ1v) is 5.85. The van der Waals surface area contributed by atoms with Crippen molar-refractivity contribution in [3.63, 3.8) is 0 Å². The lowest BCUT2D eigenvalue weighted by atomic mass is 10.3. The summed E-state index contributed by atoms with van der Waals surface area (Å²) in [7, 11) is 3.33. The summed E-state index contributed by atoms with van der Waals surface area (Å²) in [4.78, 5) is 15.9. The molecule has 2 rings (SSSR count). The zero-order chi connectivity index (χ0) is 11.5. The Balaban J connectivity index is 1.93. The SMILES string of the molecule is COC1CN(C(=O)N2CCCC2)CC1OC. The second-order valence-corrected chi connectivity index (χ2v) is 4.43. The Hall–Kier alpha value is -0.810. The van der Waals surface area contributed by atoms with Gasteiger partial charge < -0.3 is 19.3 Å². The Kier molecular flexibility index (Phi) is 3.66. The molecular weight excluding hydrogens is 208 g/mol. The highest BCUT2D eigenvalue weighted by Gasteiger charge is 2.37. The summed E-state index contributed by atoms with van der Waals surface area (Å²) in [5.41, 5.74) is 0. The molecule has 2 saturated heterocycles. The summed E-state index contributed by atoms with van der Waals surface area (Å²) >= 11 is 0. The second-order valence-electron chi connectivity index (χ2n) is 4.43. The van der Waals surface area contributed by atoms with Crippen LogP contribution in [0.2, 0.25) is 0 Å². The Morgan fingerprint density at radius 2 is 1.50 bits per heavy atom. The van der Waals surface area contributed by atoms with E-state index >= 15 is 0 Å². The first kappa shape index (κ1) is 11.7. The maximum absolute atomic E-state index is 12.1. The molecule has 2 atom stereocenters. The Morgan fingerprint density at radius 3 is 1.94 bits per heavy atom. The molecule has 2 aliphatic heterocycles. The lowest BCUT2D eigenvalue weighted by molar-refractivity contribution is -0.00461. The van der Waals surface area contributed by atoms with E-state index in [1.165, 1.54) is 0 Å². The standard InChI is InChI=1S/C11H20N2O3/c1-15-9-7-13(8-10(9)16-2)11(14)12-5-3-4-6-12/h9-10H,3-8H2,1-2H3. The second kappa shape index (κ2) is 5.01. The number of carbonyl (C=O) groups excluding carboxylic acids is 1. The van der Waals surface area contributed by atoms with Crippen molar-refractivity contribution >= 4 is 6.03 Å². The van der Waals surface area contributed by atoms with Gasteiger partial charge in [-0.2, -0.15) is 0 Å². The summed E-state index contributed by atoms with van der Waals surface area (Å²) in [6, 6.07) is 0.138. The first-order valence-electron chi connectivity index (χ1n) is 5.85. The molecule has 0 aromatic rings. The van der Waals surface area contributed by atoms with Crippen LogP contribution in [-0.2, 0) is 9.47 Å². The molecular formula is C11H20N2O3. The molecule has 5 nitrogen and oxygen atoms in total. The van der Waals surface area contributed by atoms with Gasteiger partial charge in [-0.25, -0.2) is 4.79 Å². The zero-order valence-electron chi connectivity index (χ0n) is 10.0. The third-order valence-corrected chi connectivity index (χ3v) is 3.47. The quantitative estimate of drug-likeness (QED) is 0.693. The summed E-state index contributed by atoms with van der Waals surface area (Å²) in [6.45, 7) is 3.07. The number of carbonyl (C=O) groups is 1. The molecule has 2 aliphatic rings. The van der Waals surface area contributed by atoms with E-state index in [-0.39, 0.29) is 18.2 Å². The monoisotopic (exact) mass is 228 g/mol. The van der Waals surface area contributed by atoms with E-state index in [9.17, 15) is 4.79 Å². The predicted molar refractivity (Wildman–Crippen MR) is 59.4 cm³/mol. The minimum atomic E-state index is 0.0107. The Bertz CT molecular complexity index is 242. The van der Waals surface area contributed by atoms with Crippen molar-refractivity contribution in [2.24, 2.45) is 0 Å². The van der Waals surface area contributed by atoms with Gasteiger partial charge in [-0.05, 0) is 12.8 Å². The van der Waals surface area contributed by atoms with Crippen LogP contribution in [0.4, 0.5) is 4.79 Å². The van der Waals surface area contributed by atoms with Crippen LogP contribution in [0.5, 0.6) is 0 Å². The number of likely N-dealkylation sites (tertiary alicyclic amines) is 2. The molecule has 92 valence electrons.